The van der Waals surface area contributed by atoms with Crippen LogP contribution in [0.15, 0.2) is 42.5 Å². The quantitative estimate of drug-likeness (QED) is 0.544. The number of carbonyl (C=O) groups excluding carboxylic acids is 2. The SMILES string of the molecule is CCNC(=O)[C@H](CC)N(Cc1ccc(F)cc1)C(=O)CN(c1ccc(Cl)cc1C)S(C)(=O)=O. The molecule has 0 bridgehead atoms. The van der Waals surface area contributed by atoms with E-state index in [4.69, 9.17) is 11.6 Å². The number of likely N-dealkylation sites (N-methyl/N-ethyl adjacent to an activating group) is 1. The minimum Gasteiger partial charge on any atom is -0.355 e. The van der Waals surface area contributed by atoms with E-state index in [0.717, 1.165) is 10.6 Å². The van der Waals surface area contributed by atoms with Crippen LogP contribution >= 0.6 is 11.6 Å². The van der Waals surface area contributed by atoms with Gasteiger partial charge in [-0.1, -0.05) is 30.7 Å². The molecule has 0 heterocycles. The molecule has 2 amide bonds. The lowest BCUT2D eigenvalue weighted by atomic mass is 10.1. The maximum Gasteiger partial charge on any atom is 0.244 e. The first-order chi connectivity index (χ1) is 15.5. The van der Waals surface area contributed by atoms with Gasteiger partial charge in [0.05, 0.1) is 11.9 Å². The molecule has 0 aliphatic carbocycles. The van der Waals surface area contributed by atoms with Crippen LogP contribution in [0.25, 0.3) is 0 Å². The molecule has 0 saturated heterocycles. The highest BCUT2D eigenvalue weighted by atomic mass is 35.5. The van der Waals surface area contributed by atoms with E-state index in [0.29, 0.717) is 34.8 Å². The number of sulfonamides is 1. The van der Waals surface area contributed by atoms with Crippen LogP contribution in [-0.2, 0) is 26.2 Å². The van der Waals surface area contributed by atoms with Crippen molar-refractivity contribution in [2.24, 2.45) is 0 Å². The summed E-state index contributed by atoms with van der Waals surface area (Å²) in [5.41, 5.74) is 1.52. The number of amides is 2. The summed E-state index contributed by atoms with van der Waals surface area (Å²) in [6.45, 7) is 5.13. The van der Waals surface area contributed by atoms with E-state index in [1.54, 1.807) is 32.9 Å². The second kappa shape index (κ2) is 11.5. The van der Waals surface area contributed by atoms with Crippen LogP contribution < -0.4 is 9.62 Å². The summed E-state index contributed by atoms with van der Waals surface area (Å²) < 4.78 is 39.6. The van der Waals surface area contributed by atoms with E-state index in [9.17, 15) is 22.4 Å². The molecule has 2 aromatic carbocycles. The Morgan fingerprint density at radius 3 is 2.27 bits per heavy atom. The van der Waals surface area contributed by atoms with Gasteiger partial charge in [0.1, 0.15) is 18.4 Å². The average molecular weight is 498 g/mol. The first-order valence-electron chi connectivity index (χ1n) is 10.5. The van der Waals surface area contributed by atoms with Gasteiger partial charge in [0.2, 0.25) is 21.8 Å². The van der Waals surface area contributed by atoms with E-state index >= 15 is 0 Å². The van der Waals surface area contributed by atoms with Gasteiger partial charge >= 0.3 is 0 Å². The van der Waals surface area contributed by atoms with Crippen molar-refractivity contribution in [3.05, 3.63) is 64.4 Å². The third-order valence-electron chi connectivity index (χ3n) is 5.11. The predicted octanol–water partition coefficient (Wildman–Crippen LogP) is 3.50. The number of anilines is 1. The Hall–Kier alpha value is -2.65. The molecule has 2 rings (SSSR count). The number of halogens is 2. The fourth-order valence-corrected chi connectivity index (χ4v) is 4.63. The van der Waals surface area contributed by atoms with Crippen LogP contribution in [0.4, 0.5) is 10.1 Å². The molecule has 0 aliphatic rings. The Morgan fingerprint density at radius 1 is 1.12 bits per heavy atom. The average Bonchev–Trinajstić information content (AvgIpc) is 2.73. The molecule has 0 fully saturated rings. The van der Waals surface area contributed by atoms with Gasteiger partial charge in [-0.25, -0.2) is 12.8 Å². The number of hydrogen-bond acceptors (Lipinski definition) is 4. The lowest BCUT2D eigenvalue weighted by Gasteiger charge is -2.33. The number of aryl methyl sites for hydroxylation is 1. The van der Waals surface area contributed by atoms with Crippen LogP contribution in [0.1, 0.15) is 31.4 Å². The normalized spacial score (nSPS) is 12.2. The Labute approximate surface area is 199 Å². The van der Waals surface area contributed by atoms with Gasteiger partial charge in [0, 0.05) is 18.1 Å². The van der Waals surface area contributed by atoms with Gasteiger partial charge in [-0.2, -0.15) is 0 Å². The Bertz CT molecular complexity index is 1090. The Morgan fingerprint density at radius 2 is 1.76 bits per heavy atom. The standard InChI is InChI=1S/C23H29ClFN3O4S/c1-5-20(23(30)26-6-2)27(14-17-7-10-19(25)11-8-17)22(29)15-28(33(4,31)32)21-12-9-18(24)13-16(21)3/h7-13,20H,5-6,14-15H2,1-4H3,(H,26,30)/t20-/m0/s1. The van der Waals surface area contributed by atoms with Crippen molar-refractivity contribution in [3.8, 4) is 0 Å². The zero-order valence-electron chi connectivity index (χ0n) is 19.1. The Balaban J connectivity index is 2.45. The Kier molecular flexibility index (Phi) is 9.25. The predicted molar refractivity (Wildman–Crippen MR) is 128 cm³/mol. The van der Waals surface area contributed by atoms with E-state index in [1.807, 2.05) is 0 Å². The molecular weight excluding hydrogens is 469 g/mol. The fourth-order valence-electron chi connectivity index (χ4n) is 3.49. The molecule has 0 unspecified atom stereocenters. The highest BCUT2D eigenvalue weighted by Gasteiger charge is 2.31. The van der Waals surface area contributed by atoms with Gasteiger partial charge in [-0.15, -0.1) is 0 Å². The highest BCUT2D eigenvalue weighted by molar-refractivity contribution is 7.92. The lowest BCUT2D eigenvalue weighted by Crippen LogP contribution is -2.52. The van der Waals surface area contributed by atoms with Crippen LogP contribution in [-0.4, -0.2) is 50.5 Å². The smallest absolute Gasteiger partial charge is 0.244 e. The van der Waals surface area contributed by atoms with E-state index in [2.05, 4.69) is 5.32 Å². The summed E-state index contributed by atoms with van der Waals surface area (Å²) in [5.74, 6) is -1.32. The number of benzene rings is 2. The summed E-state index contributed by atoms with van der Waals surface area (Å²) in [7, 11) is -3.83. The summed E-state index contributed by atoms with van der Waals surface area (Å²) in [5, 5.41) is 3.16. The molecule has 10 heteroatoms. The zero-order valence-corrected chi connectivity index (χ0v) is 20.7. The monoisotopic (exact) mass is 497 g/mol. The van der Waals surface area contributed by atoms with Gasteiger partial charge in [0.15, 0.2) is 0 Å². The molecule has 0 saturated carbocycles. The molecule has 0 spiro atoms. The second-order valence-electron chi connectivity index (χ2n) is 7.67. The third kappa shape index (κ3) is 7.17. The van der Waals surface area contributed by atoms with Gasteiger partial charge in [0.25, 0.3) is 0 Å². The minimum atomic E-state index is -3.83. The maximum absolute atomic E-state index is 13.5. The van der Waals surface area contributed by atoms with Crippen LogP contribution in [0, 0.1) is 12.7 Å². The van der Waals surface area contributed by atoms with Crippen molar-refractivity contribution in [2.75, 3.05) is 23.7 Å². The summed E-state index contributed by atoms with van der Waals surface area (Å²) >= 11 is 6.00. The van der Waals surface area contributed by atoms with E-state index < -0.39 is 34.3 Å². The molecule has 0 radical (unpaired) electrons. The summed E-state index contributed by atoms with van der Waals surface area (Å²) in [6.07, 6.45) is 1.33. The molecule has 1 N–H and O–H groups in total. The largest absolute Gasteiger partial charge is 0.355 e. The molecule has 0 aliphatic heterocycles. The molecule has 0 aromatic heterocycles. The molecular formula is C23H29ClFN3O4S. The molecule has 33 heavy (non-hydrogen) atoms. The number of nitrogens with one attached hydrogen (secondary N) is 1. The van der Waals surface area contributed by atoms with Crippen molar-refractivity contribution in [1.82, 2.24) is 10.2 Å². The highest BCUT2D eigenvalue weighted by Crippen LogP contribution is 2.26. The van der Waals surface area contributed by atoms with Crippen LogP contribution in [0.3, 0.4) is 0 Å². The molecule has 2 aromatic rings. The first-order valence-corrected chi connectivity index (χ1v) is 12.8. The third-order valence-corrected chi connectivity index (χ3v) is 6.47. The van der Waals surface area contributed by atoms with Crippen molar-refractivity contribution in [2.45, 2.75) is 39.8 Å². The molecule has 7 nitrogen and oxygen atoms in total. The number of rotatable bonds is 10. The van der Waals surface area contributed by atoms with E-state index in [-0.39, 0.29) is 12.5 Å². The number of hydrogen-bond donors (Lipinski definition) is 1. The van der Waals surface area contributed by atoms with Crippen molar-refractivity contribution >= 4 is 39.1 Å². The zero-order chi connectivity index (χ0) is 24.8. The van der Waals surface area contributed by atoms with Crippen LogP contribution in [0.2, 0.25) is 5.02 Å². The van der Waals surface area contributed by atoms with Gasteiger partial charge in [-0.3, -0.25) is 13.9 Å². The van der Waals surface area contributed by atoms with Crippen LogP contribution in [0.5, 0.6) is 0 Å². The number of carbonyl (C=O) groups is 2. The van der Waals surface area contributed by atoms with E-state index in [1.165, 1.54) is 35.2 Å². The topological polar surface area (TPSA) is 86.8 Å². The maximum atomic E-state index is 13.5. The van der Waals surface area contributed by atoms with Gasteiger partial charge < -0.3 is 10.2 Å². The first kappa shape index (κ1) is 26.6. The van der Waals surface area contributed by atoms with Gasteiger partial charge in [-0.05, 0) is 61.7 Å². The van der Waals surface area contributed by atoms with Crippen molar-refractivity contribution < 1.29 is 22.4 Å². The number of nitrogens with zero attached hydrogens (tertiary/aromatic N) is 2. The lowest BCUT2D eigenvalue weighted by molar-refractivity contribution is -0.140. The molecule has 1 atom stereocenters. The molecule has 180 valence electrons. The summed E-state index contributed by atoms with van der Waals surface area (Å²) in [6, 6.07) is 9.46. The van der Waals surface area contributed by atoms with Crippen molar-refractivity contribution in [3.63, 3.8) is 0 Å². The minimum absolute atomic E-state index is 0.0198. The second-order valence-corrected chi connectivity index (χ2v) is 10.0. The summed E-state index contributed by atoms with van der Waals surface area (Å²) in [4.78, 5) is 27.5. The van der Waals surface area contributed by atoms with Crippen molar-refractivity contribution in [1.29, 1.82) is 0 Å². The fraction of sp³-hybridized carbons (Fsp3) is 0.391.